The highest BCUT2D eigenvalue weighted by atomic mass is 15.0. The van der Waals surface area contributed by atoms with Crippen molar-refractivity contribution in [2.24, 2.45) is 0 Å². The van der Waals surface area contributed by atoms with Gasteiger partial charge in [0.25, 0.3) is 0 Å². The van der Waals surface area contributed by atoms with Crippen molar-refractivity contribution in [1.29, 1.82) is 0 Å². The van der Waals surface area contributed by atoms with E-state index in [9.17, 15) is 0 Å². The molecule has 0 aliphatic rings. The highest BCUT2D eigenvalue weighted by Crippen LogP contribution is 2.48. The molecule has 0 aliphatic heterocycles. The molecular weight excluding hydrogens is 775 g/mol. The molecule has 12 rings (SSSR count). The van der Waals surface area contributed by atoms with E-state index in [1.165, 1.54) is 59.8 Å². The Labute approximate surface area is 371 Å². The maximum atomic E-state index is 5.27. The molecule has 1 heterocycles. The molecule has 0 spiro atoms. The fraction of sp³-hybridized carbons (Fsp3) is 0. The van der Waals surface area contributed by atoms with Gasteiger partial charge in [0.1, 0.15) is 0 Å². The summed E-state index contributed by atoms with van der Waals surface area (Å²) in [7, 11) is 0. The average molecular weight is 814 g/mol. The Morgan fingerprint density at radius 1 is 0.203 bits per heavy atom. The molecule has 12 aromatic rings. The van der Waals surface area contributed by atoms with Gasteiger partial charge in [0.05, 0.1) is 0 Å². The quantitative estimate of drug-likeness (QED) is 0.119. The van der Waals surface area contributed by atoms with Gasteiger partial charge in [-0.05, 0) is 87.6 Å². The second kappa shape index (κ2) is 15.7. The Hall–Kier alpha value is -8.53. The lowest BCUT2D eigenvalue weighted by atomic mass is 9.83. The van der Waals surface area contributed by atoms with Crippen molar-refractivity contribution in [3.63, 3.8) is 0 Å². The van der Waals surface area contributed by atoms with E-state index < -0.39 is 0 Å². The first-order valence-electron chi connectivity index (χ1n) is 21.8. The fourth-order valence-electron chi connectivity index (χ4n) is 9.61. The van der Waals surface area contributed by atoms with Gasteiger partial charge >= 0.3 is 0 Å². The van der Waals surface area contributed by atoms with Crippen LogP contribution in [0.1, 0.15) is 0 Å². The largest absolute Gasteiger partial charge is 0.208 e. The molecule has 298 valence electrons. The number of aromatic nitrogens is 3. The average Bonchev–Trinajstić information content (AvgIpc) is 3.38. The second-order valence-corrected chi connectivity index (χ2v) is 16.2. The van der Waals surface area contributed by atoms with Crippen molar-refractivity contribution in [2.45, 2.75) is 0 Å². The minimum absolute atomic E-state index is 0.615. The van der Waals surface area contributed by atoms with E-state index in [2.05, 4.69) is 224 Å². The van der Waals surface area contributed by atoms with Crippen LogP contribution in [0, 0.1) is 0 Å². The molecule has 1 aromatic heterocycles. The number of benzene rings is 11. The van der Waals surface area contributed by atoms with Gasteiger partial charge < -0.3 is 0 Å². The highest BCUT2D eigenvalue weighted by Gasteiger charge is 2.21. The highest BCUT2D eigenvalue weighted by molar-refractivity contribution is 6.29. The molecule has 0 aliphatic carbocycles. The summed E-state index contributed by atoms with van der Waals surface area (Å²) in [5.74, 6) is 1.86. The lowest BCUT2D eigenvalue weighted by Crippen LogP contribution is -2.02. The van der Waals surface area contributed by atoms with Crippen molar-refractivity contribution in [3.05, 3.63) is 237 Å². The first kappa shape index (κ1) is 37.2. The summed E-state index contributed by atoms with van der Waals surface area (Å²) in [5.41, 5.74) is 12.0. The Morgan fingerprint density at radius 3 is 1.23 bits per heavy atom. The Bertz CT molecular complexity index is 3600. The molecule has 0 N–H and O–H groups in total. The molecule has 11 aromatic carbocycles. The van der Waals surface area contributed by atoms with Gasteiger partial charge in [-0.15, -0.1) is 0 Å². The van der Waals surface area contributed by atoms with E-state index in [0.29, 0.717) is 17.5 Å². The third kappa shape index (κ3) is 6.42. The van der Waals surface area contributed by atoms with Gasteiger partial charge in [0, 0.05) is 16.7 Å². The molecule has 0 radical (unpaired) electrons. The first-order valence-corrected chi connectivity index (χ1v) is 21.8. The summed E-state index contributed by atoms with van der Waals surface area (Å²) >= 11 is 0. The van der Waals surface area contributed by atoms with E-state index in [-0.39, 0.29) is 0 Å². The van der Waals surface area contributed by atoms with Gasteiger partial charge in [-0.2, -0.15) is 0 Å². The molecular formula is C61H39N3. The number of nitrogens with zero attached hydrogens (tertiary/aromatic N) is 3. The molecule has 64 heavy (non-hydrogen) atoms. The summed E-state index contributed by atoms with van der Waals surface area (Å²) in [6.45, 7) is 0. The van der Waals surface area contributed by atoms with E-state index in [1.807, 2.05) is 12.1 Å². The zero-order valence-corrected chi connectivity index (χ0v) is 34.9. The second-order valence-electron chi connectivity index (χ2n) is 16.2. The van der Waals surface area contributed by atoms with Gasteiger partial charge in [-0.1, -0.05) is 237 Å². The smallest absolute Gasteiger partial charge is 0.164 e. The minimum Gasteiger partial charge on any atom is -0.208 e. The van der Waals surface area contributed by atoms with Crippen molar-refractivity contribution in [2.75, 3.05) is 0 Å². The van der Waals surface area contributed by atoms with Crippen LogP contribution in [0.25, 0.3) is 122 Å². The van der Waals surface area contributed by atoms with Crippen LogP contribution in [0.5, 0.6) is 0 Å². The first-order chi connectivity index (χ1) is 31.8. The fourth-order valence-corrected chi connectivity index (χ4v) is 9.61. The molecule has 0 atom stereocenters. The molecule has 3 nitrogen and oxygen atoms in total. The summed E-state index contributed by atoms with van der Waals surface area (Å²) in [6.07, 6.45) is 0. The lowest BCUT2D eigenvalue weighted by molar-refractivity contribution is 1.07. The van der Waals surface area contributed by atoms with Gasteiger partial charge in [0.15, 0.2) is 17.5 Å². The van der Waals surface area contributed by atoms with E-state index in [1.54, 1.807) is 0 Å². The number of rotatable bonds is 7. The molecule has 0 saturated carbocycles. The molecule has 0 bridgehead atoms. The summed E-state index contributed by atoms with van der Waals surface area (Å²) < 4.78 is 0. The van der Waals surface area contributed by atoms with Gasteiger partial charge in [-0.3, -0.25) is 0 Å². The lowest BCUT2D eigenvalue weighted by Gasteiger charge is -2.20. The Balaban J connectivity index is 1.07. The maximum absolute atomic E-state index is 5.27. The molecule has 3 heteroatoms. The van der Waals surface area contributed by atoms with Gasteiger partial charge in [0.2, 0.25) is 0 Å². The van der Waals surface area contributed by atoms with E-state index in [0.717, 1.165) is 44.5 Å². The molecule has 0 unspecified atom stereocenters. The zero-order chi connectivity index (χ0) is 42.4. The maximum Gasteiger partial charge on any atom is 0.164 e. The SMILES string of the molecule is c1ccc(-c2ccccc2-c2nc(-c3ccc(-c4c5ccccc5c(-c5cccc6ccccc56)c5c4ccc4ccccc45)cc3)nc(-c3ccccc3-c3ccccc3)n2)cc1. The van der Waals surface area contributed by atoms with Crippen molar-refractivity contribution < 1.29 is 0 Å². The van der Waals surface area contributed by atoms with Crippen molar-refractivity contribution in [1.82, 2.24) is 15.0 Å². The molecule has 0 saturated heterocycles. The molecule has 0 fully saturated rings. The Morgan fingerprint density at radius 2 is 0.625 bits per heavy atom. The van der Waals surface area contributed by atoms with Gasteiger partial charge in [-0.25, -0.2) is 15.0 Å². The van der Waals surface area contributed by atoms with Crippen molar-refractivity contribution in [3.8, 4) is 78.7 Å². The van der Waals surface area contributed by atoms with Crippen LogP contribution in [0.3, 0.4) is 0 Å². The minimum atomic E-state index is 0.615. The topological polar surface area (TPSA) is 38.7 Å². The zero-order valence-electron chi connectivity index (χ0n) is 34.9. The van der Waals surface area contributed by atoms with Crippen LogP contribution in [-0.2, 0) is 0 Å². The summed E-state index contributed by atoms with van der Waals surface area (Å²) in [6, 6.07) is 84.2. The standard InChI is InChI=1S/C61H39N3/c1-3-18-40(19-4-1)47-26-11-15-31-53(47)60-62-59(63-61(64-60)54-32-16-12-27-48(54)41-20-5-2-6-21-41)45-36-34-44(35-37-45)56-51-29-13-14-30-52(51)58(50-33-17-24-42-22-7-9-25-46(42)50)57-49-28-10-8-23-43(49)38-39-55(56)57/h1-39H. The van der Waals surface area contributed by atoms with Crippen LogP contribution < -0.4 is 0 Å². The monoisotopic (exact) mass is 813 g/mol. The summed E-state index contributed by atoms with van der Waals surface area (Å²) in [5, 5.41) is 9.84. The van der Waals surface area contributed by atoms with Crippen LogP contribution >= 0.6 is 0 Å². The van der Waals surface area contributed by atoms with Crippen LogP contribution in [0.2, 0.25) is 0 Å². The third-order valence-corrected chi connectivity index (χ3v) is 12.5. The number of fused-ring (bicyclic) bond motifs is 5. The predicted molar refractivity (Wildman–Crippen MR) is 268 cm³/mol. The van der Waals surface area contributed by atoms with Crippen LogP contribution in [0.4, 0.5) is 0 Å². The number of hydrogen-bond acceptors (Lipinski definition) is 3. The predicted octanol–water partition coefficient (Wildman–Crippen LogP) is 16.2. The normalized spacial score (nSPS) is 11.4. The van der Waals surface area contributed by atoms with Crippen molar-refractivity contribution >= 4 is 43.1 Å². The number of hydrogen-bond donors (Lipinski definition) is 0. The third-order valence-electron chi connectivity index (χ3n) is 12.5. The summed E-state index contributed by atoms with van der Waals surface area (Å²) in [4.78, 5) is 15.8. The van der Waals surface area contributed by atoms with E-state index in [4.69, 9.17) is 15.0 Å². The molecule has 0 amide bonds. The van der Waals surface area contributed by atoms with Crippen LogP contribution in [-0.4, -0.2) is 15.0 Å². The van der Waals surface area contributed by atoms with E-state index >= 15 is 0 Å². The Kier molecular flexibility index (Phi) is 9.16. The van der Waals surface area contributed by atoms with Crippen LogP contribution in [0.15, 0.2) is 237 Å².